The molecule has 7 nitrogen and oxygen atoms in total. The van der Waals surface area contributed by atoms with Gasteiger partial charge in [0.15, 0.2) is 0 Å². The number of likely N-dealkylation sites (tertiary alicyclic amines) is 1. The summed E-state index contributed by atoms with van der Waals surface area (Å²) in [6.07, 6.45) is 1.74. The van der Waals surface area contributed by atoms with Crippen LogP contribution < -0.4 is 14.8 Å². The van der Waals surface area contributed by atoms with Gasteiger partial charge in [0.1, 0.15) is 11.5 Å². The van der Waals surface area contributed by atoms with E-state index in [0.717, 1.165) is 35.5 Å². The normalized spacial score (nSPS) is 15.6. The van der Waals surface area contributed by atoms with E-state index in [0.29, 0.717) is 17.8 Å². The van der Waals surface area contributed by atoms with Crippen molar-refractivity contribution >= 4 is 17.6 Å². The zero-order valence-electron chi connectivity index (χ0n) is 18.2. The molecule has 0 aliphatic carbocycles. The van der Waals surface area contributed by atoms with Crippen molar-refractivity contribution in [3.8, 4) is 11.5 Å². The van der Waals surface area contributed by atoms with E-state index in [2.05, 4.69) is 5.32 Å². The smallest absolute Gasteiger partial charge is 0.322 e. The maximum atomic E-state index is 13.2. The predicted molar refractivity (Wildman–Crippen MR) is 116 cm³/mol. The lowest BCUT2D eigenvalue weighted by Gasteiger charge is -2.27. The Balaban J connectivity index is 1.85. The molecule has 160 valence electrons. The maximum Gasteiger partial charge on any atom is 0.322 e. The number of rotatable bonds is 5. The van der Waals surface area contributed by atoms with E-state index in [-0.39, 0.29) is 18.0 Å². The average Bonchev–Trinajstić information content (AvgIpc) is 3.24. The van der Waals surface area contributed by atoms with Gasteiger partial charge in [-0.1, -0.05) is 6.07 Å². The molecule has 2 aromatic carbocycles. The zero-order chi connectivity index (χ0) is 21.8. The van der Waals surface area contributed by atoms with Crippen LogP contribution in [0.2, 0.25) is 0 Å². The van der Waals surface area contributed by atoms with Crippen LogP contribution in [0.3, 0.4) is 0 Å². The van der Waals surface area contributed by atoms with Gasteiger partial charge >= 0.3 is 6.03 Å². The van der Waals surface area contributed by atoms with Crippen molar-refractivity contribution in [2.24, 2.45) is 0 Å². The van der Waals surface area contributed by atoms with Gasteiger partial charge in [0.25, 0.3) is 5.91 Å². The molecule has 2 aromatic rings. The Morgan fingerprint density at radius 1 is 1.10 bits per heavy atom. The van der Waals surface area contributed by atoms with Crippen molar-refractivity contribution < 1.29 is 19.1 Å². The number of nitrogens with zero attached hydrogens (tertiary/aromatic N) is 2. The van der Waals surface area contributed by atoms with E-state index >= 15 is 0 Å². The third kappa shape index (κ3) is 4.35. The van der Waals surface area contributed by atoms with Crippen LogP contribution in [0.25, 0.3) is 0 Å². The molecule has 1 atom stereocenters. The van der Waals surface area contributed by atoms with Crippen LogP contribution in [-0.2, 0) is 0 Å². The Kier molecular flexibility index (Phi) is 6.50. The Morgan fingerprint density at radius 3 is 2.53 bits per heavy atom. The van der Waals surface area contributed by atoms with Crippen molar-refractivity contribution in [1.82, 2.24) is 9.80 Å². The summed E-state index contributed by atoms with van der Waals surface area (Å²) in [5.74, 6) is 1.35. The molecule has 7 heteroatoms. The van der Waals surface area contributed by atoms with Crippen LogP contribution in [0.4, 0.5) is 10.5 Å². The number of nitrogens with one attached hydrogen (secondary N) is 1. The Labute approximate surface area is 177 Å². The molecule has 0 saturated carbocycles. The predicted octanol–water partition coefficient (Wildman–Crippen LogP) is 4.08. The molecular weight excluding hydrogens is 382 g/mol. The fraction of sp³-hybridized carbons (Fsp3) is 0.391. The van der Waals surface area contributed by atoms with Crippen LogP contribution in [0, 0.1) is 6.92 Å². The number of carbonyl (C=O) groups is 2. The van der Waals surface area contributed by atoms with Crippen molar-refractivity contribution in [3.63, 3.8) is 0 Å². The van der Waals surface area contributed by atoms with Crippen molar-refractivity contribution in [3.05, 3.63) is 53.1 Å². The van der Waals surface area contributed by atoms with E-state index in [1.165, 1.54) is 4.90 Å². The summed E-state index contributed by atoms with van der Waals surface area (Å²) < 4.78 is 10.9. The number of aryl methyl sites for hydroxylation is 1. The number of ether oxygens (including phenoxy) is 2. The number of hydrogen-bond donors (Lipinski definition) is 1. The molecule has 1 aliphatic rings. The minimum Gasteiger partial charge on any atom is -0.497 e. The van der Waals surface area contributed by atoms with Crippen molar-refractivity contribution in [2.75, 3.05) is 40.2 Å². The standard InChI is InChI=1S/C23H29N3O4/c1-15-8-9-16(22(27)25(2)3)13-19(15)24-23(28)26-12-6-7-20(26)18-14-17(29-4)10-11-21(18)30-5/h8-11,13-14,20H,6-7,12H2,1-5H3,(H,24,28). The molecule has 0 spiro atoms. The molecule has 30 heavy (non-hydrogen) atoms. The Morgan fingerprint density at radius 2 is 1.87 bits per heavy atom. The molecule has 1 heterocycles. The molecule has 1 unspecified atom stereocenters. The monoisotopic (exact) mass is 411 g/mol. The molecular formula is C23H29N3O4. The first-order valence-electron chi connectivity index (χ1n) is 9.97. The first kappa shape index (κ1) is 21.5. The van der Waals surface area contributed by atoms with Crippen molar-refractivity contribution in [2.45, 2.75) is 25.8 Å². The molecule has 0 bridgehead atoms. The minimum atomic E-state index is -0.195. The first-order chi connectivity index (χ1) is 14.3. The van der Waals surface area contributed by atoms with Crippen LogP contribution in [0.5, 0.6) is 11.5 Å². The maximum absolute atomic E-state index is 13.2. The van der Waals surface area contributed by atoms with E-state index in [1.807, 2.05) is 36.1 Å². The van der Waals surface area contributed by atoms with Gasteiger partial charge in [-0.15, -0.1) is 0 Å². The number of carbonyl (C=O) groups excluding carboxylic acids is 2. The fourth-order valence-electron chi connectivity index (χ4n) is 3.77. The number of hydrogen-bond acceptors (Lipinski definition) is 4. The van der Waals surface area contributed by atoms with Gasteiger partial charge < -0.3 is 24.6 Å². The number of benzene rings is 2. The van der Waals surface area contributed by atoms with Gasteiger partial charge in [-0.05, 0) is 55.7 Å². The minimum absolute atomic E-state index is 0.106. The lowest BCUT2D eigenvalue weighted by molar-refractivity contribution is 0.0827. The topological polar surface area (TPSA) is 71.1 Å². The van der Waals surface area contributed by atoms with E-state index < -0.39 is 0 Å². The van der Waals surface area contributed by atoms with Crippen LogP contribution >= 0.6 is 0 Å². The Bertz CT molecular complexity index is 942. The van der Waals surface area contributed by atoms with Gasteiger partial charge in [0.2, 0.25) is 0 Å². The Hall–Kier alpha value is -3.22. The lowest BCUT2D eigenvalue weighted by atomic mass is 10.0. The fourth-order valence-corrected chi connectivity index (χ4v) is 3.77. The second kappa shape index (κ2) is 9.07. The van der Waals surface area contributed by atoms with Gasteiger partial charge in [-0.3, -0.25) is 4.79 Å². The van der Waals surface area contributed by atoms with E-state index in [1.54, 1.807) is 40.4 Å². The van der Waals surface area contributed by atoms with Crippen LogP contribution in [0.1, 0.15) is 40.4 Å². The van der Waals surface area contributed by atoms with Gasteiger partial charge in [0, 0.05) is 37.5 Å². The highest BCUT2D eigenvalue weighted by Gasteiger charge is 2.32. The highest BCUT2D eigenvalue weighted by Crippen LogP contribution is 2.39. The molecule has 1 aliphatic heterocycles. The average molecular weight is 412 g/mol. The van der Waals surface area contributed by atoms with Crippen molar-refractivity contribution in [1.29, 1.82) is 0 Å². The highest BCUT2D eigenvalue weighted by atomic mass is 16.5. The molecule has 0 radical (unpaired) electrons. The number of amides is 3. The third-order valence-electron chi connectivity index (χ3n) is 5.44. The number of methoxy groups -OCH3 is 2. The van der Waals surface area contributed by atoms with Gasteiger partial charge in [0.05, 0.1) is 20.3 Å². The van der Waals surface area contributed by atoms with Gasteiger partial charge in [-0.25, -0.2) is 4.79 Å². The summed E-state index contributed by atoms with van der Waals surface area (Å²) in [5.41, 5.74) is 3.00. The largest absolute Gasteiger partial charge is 0.497 e. The highest BCUT2D eigenvalue weighted by molar-refractivity contribution is 5.97. The zero-order valence-corrected chi connectivity index (χ0v) is 18.2. The number of urea groups is 1. The molecule has 1 fully saturated rings. The number of anilines is 1. The third-order valence-corrected chi connectivity index (χ3v) is 5.44. The molecule has 1 N–H and O–H groups in total. The molecule has 0 aromatic heterocycles. The van der Waals surface area contributed by atoms with E-state index in [4.69, 9.17) is 9.47 Å². The van der Waals surface area contributed by atoms with Crippen LogP contribution in [-0.4, -0.2) is 56.6 Å². The molecule has 1 saturated heterocycles. The second-order valence-corrected chi connectivity index (χ2v) is 7.62. The second-order valence-electron chi connectivity index (χ2n) is 7.62. The van der Waals surface area contributed by atoms with Crippen LogP contribution in [0.15, 0.2) is 36.4 Å². The molecule has 3 rings (SSSR count). The lowest BCUT2D eigenvalue weighted by Crippen LogP contribution is -2.35. The summed E-state index contributed by atoms with van der Waals surface area (Å²) >= 11 is 0. The summed E-state index contributed by atoms with van der Waals surface area (Å²) in [7, 11) is 6.66. The summed E-state index contributed by atoms with van der Waals surface area (Å²) in [5, 5.41) is 3.00. The molecule has 3 amide bonds. The first-order valence-corrected chi connectivity index (χ1v) is 9.97. The SMILES string of the molecule is COc1ccc(OC)c(C2CCCN2C(=O)Nc2cc(C(=O)N(C)C)ccc2C)c1. The van der Waals surface area contributed by atoms with Gasteiger partial charge in [-0.2, -0.15) is 0 Å². The summed E-state index contributed by atoms with van der Waals surface area (Å²) in [6.45, 7) is 2.55. The van der Waals surface area contributed by atoms with E-state index in [9.17, 15) is 9.59 Å². The summed E-state index contributed by atoms with van der Waals surface area (Å²) in [6, 6.07) is 10.7. The summed E-state index contributed by atoms with van der Waals surface area (Å²) in [4.78, 5) is 28.8. The quantitative estimate of drug-likeness (QED) is 0.805.